The van der Waals surface area contributed by atoms with Crippen LogP contribution in [-0.2, 0) is 32.5 Å². The molecule has 2 aromatic rings. The van der Waals surface area contributed by atoms with Gasteiger partial charge in [-0.1, -0.05) is 60.7 Å². The van der Waals surface area contributed by atoms with Crippen molar-refractivity contribution in [2.75, 3.05) is 52.4 Å². The lowest BCUT2D eigenvalue weighted by molar-refractivity contribution is -0.440. The second-order valence-electron chi connectivity index (χ2n) is 16.2. The van der Waals surface area contributed by atoms with Gasteiger partial charge in [0.25, 0.3) is 0 Å². The van der Waals surface area contributed by atoms with E-state index < -0.39 is 148 Å². The van der Waals surface area contributed by atoms with Gasteiger partial charge in [0.15, 0.2) is 0 Å². The van der Waals surface area contributed by atoms with Crippen molar-refractivity contribution in [1.29, 1.82) is 0 Å². The molecule has 2 aromatic carbocycles. The average molecular weight is 1130 g/mol. The monoisotopic (exact) mass is 1130 g/mol. The van der Waals surface area contributed by atoms with E-state index in [0.29, 0.717) is 0 Å². The Morgan fingerprint density at radius 3 is 0.905 bits per heavy atom. The van der Waals surface area contributed by atoms with Crippen LogP contribution in [0.3, 0.4) is 0 Å². The van der Waals surface area contributed by atoms with Gasteiger partial charge in [-0.15, -0.1) is 0 Å². The van der Waals surface area contributed by atoms with Gasteiger partial charge in [0.1, 0.15) is 13.2 Å². The molecule has 1 aliphatic rings. The minimum absolute atomic E-state index is 0.107. The summed E-state index contributed by atoms with van der Waals surface area (Å²) in [6, 6.07) is 13.5. The highest BCUT2D eigenvalue weighted by Gasteiger charge is 2.92. The van der Waals surface area contributed by atoms with E-state index in [1.165, 1.54) is 70.5 Å². The van der Waals surface area contributed by atoms with Crippen LogP contribution in [-0.4, -0.2) is 156 Å². The summed E-state index contributed by atoms with van der Waals surface area (Å²) in [6.45, 7) is -6.56. The van der Waals surface area contributed by atoms with Gasteiger partial charge in [0, 0.05) is 65.0 Å². The first-order valence-electron chi connectivity index (χ1n) is 20.7. The highest BCUT2D eigenvalue weighted by atomic mass is 19.4. The molecule has 0 saturated carbocycles. The molecule has 34 heteroatoms. The molecule has 74 heavy (non-hydrogen) atoms. The lowest BCUT2D eigenvalue weighted by atomic mass is 9.92. The number of halogens is 26. The molecule has 0 aliphatic carbocycles. The second kappa shape index (κ2) is 22.5. The minimum atomic E-state index is -8.16. The number of carbonyl (C=O) groups excluding carboxylic acids is 2. The van der Waals surface area contributed by atoms with Gasteiger partial charge >= 0.3 is 71.6 Å². The van der Waals surface area contributed by atoms with Crippen LogP contribution in [0, 0.1) is 0 Å². The molecule has 1 heterocycles. The Labute approximate surface area is 400 Å². The largest absolute Gasteiger partial charge is 0.460 e. The van der Waals surface area contributed by atoms with Crippen molar-refractivity contribution in [3.05, 3.63) is 71.8 Å². The summed E-state index contributed by atoms with van der Waals surface area (Å²) in [5, 5.41) is -0.259. The zero-order valence-electron chi connectivity index (χ0n) is 36.9. The highest BCUT2D eigenvalue weighted by Crippen LogP contribution is 2.62. The smallest absolute Gasteiger partial charge is 0.300 e. The SMILES string of the molecule is O=C(CCN1CCN(CCC(=O)N(CCC(F)(F)C(F)(F)C(F)(F)C(F)(F)C(F)(F)C(F)(F)F)OCc2ccccc2)CC1)N(CCC(F)(F)C(F)(F)C(F)(F)C(F)(F)C(F)(F)C(F)(F)F)OCc1ccccc1. The van der Waals surface area contributed by atoms with Crippen molar-refractivity contribution < 1.29 is 133 Å². The summed E-state index contributed by atoms with van der Waals surface area (Å²) in [4.78, 5) is 39.1. The Bertz CT molecular complexity index is 1990. The standard InChI is InChI=1S/C40H38F26N4O4/c41-29(42,31(45,46)33(49,50)35(53,54)37(57,58)39(61,62)63)13-17-69(73-23-25-7-3-1-4-8-25)27(71)11-15-67-19-21-68(22-20-67)16-12-28(72)70(74-24-26-9-5-2-6-10-26)18-14-30(43,44)32(47,48)34(51,52)36(55,56)38(59,60)40(64,65)66/h1-10H,11-24H2. The van der Waals surface area contributed by atoms with Gasteiger partial charge in [0.05, 0.1) is 13.1 Å². The van der Waals surface area contributed by atoms with E-state index in [2.05, 4.69) is 0 Å². The molecule has 0 N–H and O–H groups in total. The Morgan fingerprint density at radius 1 is 0.392 bits per heavy atom. The highest BCUT2D eigenvalue weighted by molar-refractivity contribution is 5.75. The number of rotatable bonds is 26. The molecule has 8 nitrogen and oxygen atoms in total. The van der Waals surface area contributed by atoms with Crippen LogP contribution in [0.1, 0.15) is 36.8 Å². The normalized spacial score (nSPS) is 16.1. The molecular formula is C40H38F26N4O4. The summed E-state index contributed by atoms with van der Waals surface area (Å²) in [5.41, 5.74) is 0.265. The van der Waals surface area contributed by atoms with Crippen molar-refractivity contribution in [3.8, 4) is 0 Å². The Balaban J connectivity index is 1.69. The fourth-order valence-electron chi connectivity index (χ4n) is 6.37. The maximum atomic E-state index is 14.7. The summed E-state index contributed by atoms with van der Waals surface area (Å²) < 4.78 is 356. The van der Waals surface area contributed by atoms with Gasteiger partial charge in [-0.25, -0.2) is 10.1 Å². The lowest BCUT2D eigenvalue weighted by Gasteiger charge is -2.40. The number of nitrogens with zero attached hydrogens (tertiary/aromatic N) is 4. The van der Waals surface area contributed by atoms with Crippen LogP contribution in [0.15, 0.2) is 60.7 Å². The predicted octanol–water partition coefficient (Wildman–Crippen LogP) is 11.6. The number of hydroxylamine groups is 4. The minimum Gasteiger partial charge on any atom is -0.300 e. The molecule has 0 unspecified atom stereocenters. The first-order chi connectivity index (χ1) is 33.4. The van der Waals surface area contributed by atoms with E-state index in [4.69, 9.17) is 9.68 Å². The Kier molecular flexibility index (Phi) is 19.4. The summed E-state index contributed by atoms with van der Waals surface area (Å²) in [6.07, 6.45) is -22.5. The predicted molar refractivity (Wildman–Crippen MR) is 199 cm³/mol. The van der Waals surface area contributed by atoms with Crippen molar-refractivity contribution >= 4 is 11.8 Å². The van der Waals surface area contributed by atoms with E-state index in [-0.39, 0.29) is 47.4 Å². The first kappa shape index (κ1) is 63.7. The van der Waals surface area contributed by atoms with E-state index in [9.17, 15) is 124 Å². The number of amides is 2. The molecule has 1 aliphatic heterocycles. The van der Waals surface area contributed by atoms with Crippen molar-refractivity contribution in [3.63, 3.8) is 0 Å². The molecule has 0 aromatic heterocycles. The topological polar surface area (TPSA) is 65.6 Å². The summed E-state index contributed by atoms with van der Waals surface area (Å²) >= 11 is 0. The number of benzene rings is 2. The molecule has 0 atom stereocenters. The third-order valence-electron chi connectivity index (χ3n) is 11.0. The van der Waals surface area contributed by atoms with Crippen LogP contribution in [0.4, 0.5) is 114 Å². The maximum absolute atomic E-state index is 14.7. The fraction of sp³-hybridized carbons (Fsp3) is 0.650. The van der Waals surface area contributed by atoms with Gasteiger partial charge in [-0.2, -0.15) is 114 Å². The van der Waals surface area contributed by atoms with Crippen LogP contribution in [0.25, 0.3) is 0 Å². The van der Waals surface area contributed by atoms with E-state index in [0.717, 1.165) is 0 Å². The molecule has 0 bridgehead atoms. The van der Waals surface area contributed by atoms with Crippen molar-refractivity contribution in [2.45, 2.75) is 110 Å². The average Bonchev–Trinajstić information content (AvgIpc) is 3.29. The Morgan fingerprint density at radius 2 is 0.649 bits per heavy atom. The van der Waals surface area contributed by atoms with Gasteiger partial charge in [0.2, 0.25) is 11.8 Å². The number of alkyl halides is 26. The van der Waals surface area contributed by atoms with Crippen LogP contribution in [0.2, 0.25) is 0 Å². The number of carbonyl (C=O) groups is 2. The van der Waals surface area contributed by atoms with E-state index in [1.807, 2.05) is 0 Å². The van der Waals surface area contributed by atoms with Crippen molar-refractivity contribution in [1.82, 2.24) is 19.9 Å². The Hall–Kier alpha value is -4.60. The zero-order chi connectivity index (χ0) is 57.0. The zero-order valence-corrected chi connectivity index (χ0v) is 36.9. The number of hydrogen-bond donors (Lipinski definition) is 0. The van der Waals surface area contributed by atoms with E-state index in [1.54, 1.807) is 0 Å². The summed E-state index contributed by atoms with van der Waals surface area (Å²) in [5.74, 6) is -79.6. The number of hydrogen-bond acceptors (Lipinski definition) is 6. The maximum Gasteiger partial charge on any atom is 0.460 e. The fourth-order valence-corrected chi connectivity index (χ4v) is 6.37. The van der Waals surface area contributed by atoms with Crippen molar-refractivity contribution in [2.24, 2.45) is 0 Å². The van der Waals surface area contributed by atoms with Gasteiger partial charge < -0.3 is 9.80 Å². The molecule has 0 radical (unpaired) electrons. The van der Waals surface area contributed by atoms with E-state index >= 15 is 0 Å². The molecule has 2 amide bonds. The quantitative estimate of drug-likeness (QED) is 0.0691. The van der Waals surface area contributed by atoms with Gasteiger partial charge in [-0.05, 0) is 11.1 Å². The van der Waals surface area contributed by atoms with Crippen LogP contribution >= 0.6 is 0 Å². The van der Waals surface area contributed by atoms with Crippen LogP contribution in [0.5, 0.6) is 0 Å². The lowest BCUT2D eigenvalue weighted by Crippen LogP contribution is -2.70. The third-order valence-corrected chi connectivity index (χ3v) is 11.0. The molecule has 0 spiro atoms. The second-order valence-corrected chi connectivity index (χ2v) is 16.2. The van der Waals surface area contributed by atoms with Crippen LogP contribution < -0.4 is 0 Å². The molecule has 1 saturated heterocycles. The number of piperazine rings is 1. The molecule has 3 rings (SSSR count). The summed E-state index contributed by atoms with van der Waals surface area (Å²) in [7, 11) is 0. The molecular weight excluding hydrogens is 1090 g/mol. The van der Waals surface area contributed by atoms with Gasteiger partial charge in [-0.3, -0.25) is 19.3 Å². The third kappa shape index (κ3) is 13.0. The molecule has 424 valence electrons. The molecule has 1 fully saturated rings. The first-order valence-corrected chi connectivity index (χ1v) is 20.7.